The molecule has 0 aliphatic carbocycles. The highest BCUT2D eigenvalue weighted by molar-refractivity contribution is 6.00. The molecule has 0 radical (unpaired) electrons. The van der Waals surface area contributed by atoms with Gasteiger partial charge in [-0.15, -0.1) is 0 Å². The third kappa shape index (κ3) is 5.41. The van der Waals surface area contributed by atoms with Gasteiger partial charge in [0.2, 0.25) is 5.91 Å². The zero-order valence-corrected chi connectivity index (χ0v) is 24.9. The third-order valence-electron chi connectivity index (χ3n) is 8.93. The molecule has 2 bridgehead atoms. The Kier molecular flexibility index (Phi) is 7.62. The number of hydrogen-bond acceptors (Lipinski definition) is 7. The summed E-state index contributed by atoms with van der Waals surface area (Å²) in [7, 11) is 2.05. The Bertz CT molecular complexity index is 1690. The number of morpholine rings is 1. The summed E-state index contributed by atoms with van der Waals surface area (Å²) in [6, 6.07) is 10.2. The summed E-state index contributed by atoms with van der Waals surface area (Å²) >= 11 is 0. The van der Waals surface area contributed by atoms with E-state index in [2.05, 4.69) is 38.0 Å². The molecule has 226 valence electrons. The van der Waals surface area contributed by atoms with Gasteiger partial charge in [0.05, 0.1) is 41.7 Å². The average molecular weight is 586 g/mol. The van der Waals surface area contributed by atoms with Gasteiger partial charge in [-0.05, 0) is 68.5 Å². The number of benzene rings is 1. The van der Waals surface area contributed by atoms with Crippen LogP contribution in [0.15, 0.2) is 30.3 Å². The Morgan fingerprint density at radius 1 is 1.02 bits per heavy atom. The molecule has 3 aliphatic rings. The molecule has 2 N–H and O–H groups in total. The number of carbonyl (C=O) groups is 2. The summed E-state index contributed by atoms with van der Waals surface area (Å²) in [5.41, 5.74) is 6.33. The fourth-order valence-corrected chi connectivity index (χ4v) is 6.59. The van der Waals surface area contributed by atoms with Gasteiger partial charge in [-0.3, -0.25) is 9.59 Å². The van der Waals surface area contributed by atoms with Crippen LogP contribution >= 0.6 is 0 Å². The summed E-state index contributed by atoms with van der Waals surface area (Å²) in [5.74, 6) is 0.772. The highest BCUT2D eigenvalue weighted by atomic mass is 16.5. The van der Waals surface area contributed by atoms with Crippen LogP contribution in [0.2, 0.25) is 0 Å². The second kappa shape index (κ2) is 11.7. The van der Waals surface area contributed by atoms with E-state index >= 15 is 0 Å². The van der Waals surface area contributed by atoms with Crippen molar-refractivity contribution in [2.45, 2.75) is 51.2 Å². The molecule has 2 amide bonds. The molecule has 11 heteroatoms. The predicted molar refractivity (Wildman–Crippen MR) is 163 cm³/mol. The molecule has 11 nitrogen and oxygen atoms in total. The number of hydrogen-bond donors (Lipinski definition) is 2. The van der Waals surface area contributed by atoms with Crippen LogP contribution in [0.4, 0.5) is 0 Å². The molecular formula is C32H39N7O4. The summed E-state index contributed by atoms with van der Waals surface area (Å²) in [6.07, 6.45) is 3.64. The molecule has 3 aliphatic heterocycles. The molecule has 2 atom stereocenters. The number of aryl methyl sites for hydroxylation is 2. The third-order valence-corrected chi connectivity index (χ3v) is 8.93. The maximum absolute atomic E-state index is 13.6. The second-order valence-corrected chi connectivity index (χ2v) is 12.0. The van der Waals surface area contributed by atoms with E-state index in [0.717, 1.165) is 95.8 Å². The first-order valence-electron chi connectivity index (χ1n) is 15.4. The maximum Gasteiger partial charge on any atom is 0.254 e. The van der Waals surface area contributed by atoms with E-state index < -0.39 is 0 Å². The minimum absolute atomic E-state index is 0.0620. The molecule has 1 fully saturated rings. The SMILES string of the molecule is C[C@H]1NC(=O)COCCCCCn2c(-c3nc4cc5c(cc4n3C)CCN(C[C@H]3COCCN3)C5=O)cc3ccc1nc32. The summed E-state index contributed by atoms with van der Waals surface area (Å²) in [4.78, 5) is 38.0. The number of rotatable bonds is 3. The number of nitrogens with zero attached hydrogens (tertiary/aromatic N) is 5. The van der Waals surface area contributed by atoms with Crippen molar-refractivity contribution < 1.29 is 19.1 Å². The summed E-state index contributed by atoms with van der Waals surface area (Å²) in [5, 5.41) is 7.50. The quantitative estimate of drug-likeness (QED) is 0.380. The lowest BCUT2D eigenvalue weighted by Gasteiger charge is -2.33. The van der Waals surface area contributed by atoms with Crippen molar-refractivity contribution in [3.05, 3.63) is 47.2 Å². The standard InChI is InChI=1S/C32H39N7O4/c1-20-25-7-6-22-15-28(39(30(22)35-25)10-4-3-5-12-42-19-29(40)34-20)31-36-26-16-24-21(14-27(26)37(31)2)8-11-38(32(24)41)17-23-18-43-13-9-33-23/h6-7,14-16,20,23,33H,3-5,8-13,17-19H2,1-2H3,(H,34,40)/t20-,23+/m1/s1. The number of nitrogens with one attached hydrogen (secondary N) is 2. The van der Waals surface area contributed by atoms with E-state index in [1.807, 2.05) is 31.0 Å². The Balaban J connectivity index is 1.25. The van der Waals surface area contributed by atoms with Crippen LogP contribution in [-0.2, 0) is 34.3 Å². The topological polar surface area (TPSA) is 116 Å². The Morgan fingerprint density at radius 3 is 2.79 bits per heavy atom. The van der Waals surface area contributed by atoms with Crippen LogP contribution in [0, 0.1) is 0 Å². The van der Waals surface area contributed by atoms with Gasteiger partial charge >= 0.3 is 0 Å². The normalized spacial score (nSPS) is 22.1. The van der Waals surface area contributed by atoms with Crippen molar-refractivity contribution in [3.8, 4) is 11.5 Å². The molecule has 3 aromatic heterocycles. The molecule has 7 rings (SSSR count). The van der Waals surface area contributed by atoms with Crippen molar-refractivity contribution in [2.24, 2.45) is 7.05 Å². The summed E-state index contributed by atoms with van der Waals surface area (Å²) in [6.45, 7) is 6.89. The van der Waals surface area contributed by atoms with Crippen LogP contribution in [0.25, 0.3) is 33.6 Å². The van der Waals surface area contributed by atoms with Crippen molar-refractivity contribution in [3.63, 3.8) is 0 Å². The van der Waals surface area contributed by atoms with Crippen molar-refractivity contribution in [2.75, 3.05) is 46.1 Å². The Morgan fingerprint density at radius 2 is 1.93 bits per heavy atom. The lowest BCUT2D eigenvalue weighted by molar-refractivity contribution is -0.126. The van der Waals surface area contributed by atoms with Crippen LogP contribution in [0.3, 0.4) is 0 Å². The van der Waals surface area contributed by atoms with Crippen molar-refractivity contribution >= 4 is 33.9 Å². The van der Waals surface area contributed by atoms with Gasteiger partial charge in [0.15, 0.2) is 5.82 Å². The monoisotopic (exact) mass is 585 g/mol. The zero-order valence-electron chi connectivity index (χ0n) is 24.9. The lowest BCUT2D eigenvalue weighted by atomic mass is 9.97. The highest BCUT2D eigenvalue weighted by Crippen LogP contribution is 2.33. The van der Waals surface area contributed by atoms with Crippen LogP contribution in [0.5, 0.6) is 0 Å². The number of imidazole rings is 1. The molecule has 4 aromatic rings. The van der Waals surface area contributed by atoms with E-state index in [-0.39, 0.29) is 30.5 Å². The molecule has 0 spiro atoms. The fourth-order valence-electron chi connectivity index (χ4n) is 6.59. The van der Waals surface area contributed by atoms with E-state index in [9.17, 15) is 9.59 Å². The minimum atomic E-state index is -0.240. The van der Waals surface area contributed by atoms with Gasteiger partial charge in [0.25, 0.3) is 5.91 Å². The average Bonchev–Trinajstić information content (AvgIpc) is 3.53. The first kappa shape index (κ1) is 28.0. The predicted octanol–water partition coefficient (Wildman–Crippen LogP) is 2.95. The van der Waals surface area contributed by atoms with Gasteiger partial charge in [0.1, 0.15) is 12.3 Å². The smallest absolute Gasteiger partial charge is 0.254 e. The molecule has 1 aromatic carbocycles. The van der Waals surface area contributed by atoms with Crippen LogP contribution in [-0.4, -0.2) is 87.9 Å². The van der Waals surface area contributed by atoms with Crippen LogP contribution in [0.1, 0.15) is 53.8 Å². The Hall–Kier alpha value is -3.80. The number of fused-ring (bicyclic) bond motifs is 3. The second-order valence-electron chi connectivity index (χ2n) is 12.0. The zero-order chi connectivity index (χ0) is 29.5. The van der Waals surface area contributed by atoms with Crippen LogP contribution < -0.4 is 10.6 Å². The number of aromatic nitrogens is 4. The molecular weight excluding hydrogens is 546 g/mol. The minimum Gasteiger partial charge on any atom is -0.378 e. The van der Waals surface area contributed by atoms with Crippen molar-refractivity contribution in [1.29, 1.82) is 0 Å². The van der Waals surface area contributed by atoms with Gasteiger partial charge < -0.3 is 34.1 Å². The largest absolute Gasteiger partial charge is 0.378 e. The van der Waals surface area contributed by atoms with Gasteiger partial charge in [-0.1, -0.05) is 0 Å². The maximum atomic E-state index is 13.6. The summed E-state index contributed by atoms with van der Waals surface area (Å²) < 4.78 is 15.6. The van der Waals surface area contributed by atoms with Gasteiger partial charge in [-0.25, -0.2) is 9.97 Å². The number of carbonyl (C=O) groups excluding carboxylic acids is 2. The van der Waals surface area contributed by atoms with Gasteiger partial charge in [0, 0.05) is 56.8 Å². The van der Waals surface area contributed by atoms with E-state index in [4.69, 9.17) is 19.4 Å². The molecule has 6 heterocycles. The van der Waals surface area contributed by atoms with E-state index in [1.165, 1.54) is 0 Å². The van der Waals surface area contributed by atoms with Gasteiger partial charge in [-0.2, -0.15) is 0 Å². The van der Waals surface area contributed by atoms with E-state index in [0.29, 0.717) is 26.3 Å². The number of ether oxygens (including phenoxy) is 2. The number of pyridine rings is 1. The highest BCUT2D eigenvalue weighted by Gasteiger charge is 2.29. The first-order chi connectivity index (χ1) is 21.0. The molecule has 43 heavy (non-hydrogen) atoms. The molecule has 1 saturated heterocycles. The molecule has 0 saturated carbocycles. The molecule has 0 unspecified atom stereocenters. The number of amides is 2. The first-order valence-corrected chi connectivity index (χ1v) is 15.4. The van der Waals surface area contributed by atoms with E-state index in [1.54, 1.807) is 0 Å². The Labute approximate surface area is 250 Å². The lowest BCUT2D eigenvalue weighted by Crippen LogP contribution is -2.51. The fraction of sp³-hybridized carbons (Fsp3) is 0.500. The van der Waals surface area contributed by atoms with Crippen molar-refractivity contribution in [1.82, 2.24) is 34.6 Å².